The highest BCUT2D eigenvalue weighted by atomic mass is 15.1. The topological polar surface area (TPSA) is 53.1 Å². The molecule has 0 saturated carbocycles. The summed E-state index contributed by atoms with van der Waals surface area (Å²) in [6, 6.07) is 0. The van der Waals surface area contributed by atoms with Crippen LogP contribution < -0.4 is 10.6 Å². The van der Waals surface area contributed by atoms with Gasteiger partial charge in [-0.25, -0.2) is 9.97 Å². The summed E-state index contributed by atoms with van der Waals surface area (Å²) in [6.07, 6.45) is 1.28. The Bertz CT molecular complexity index is 432. The number of hydrogen-bond donors (Lipinski definition) is 2. The number of likely N-dealkylation sites (tertiary alicyclic amines) is 1. The standard InChI is InChI=1S/C14H25N5/c1-5-19-7-6-12(9-19)8-16-14-10(2)13(15-4)17-11(3)18-14/h12H,5-9H2,1-4H3,(H2,15,16,17,18). The van der Waals surface area contributed by atoms with Crippen LogP contribution >= 0.6 is 0 Å². The van der Waals surface area contributed by atoms with Gasteiger partial charge in [-0.1, -0.05) is 6.92 Å². The van der Waals surface area contributed by atoms with Crippen LogP contribution in [0.5, 0.6) is 0 Å². The molecule has 1 saturated heterocycles. The summed E-state index contributed by atoms with van der Waals surface area (Å²) < 4.78 is 0. The monoisotopic (exact) mass is 263 g/mol. The van der Waals surface area contributed by atoms with Crippen molar-refractivity contribution in [3.8, 4) is 0 Å². The summed E-state index contributed by atoms with van der Waals surface area (Å²) in [6.45, 7) is 10.8. The summed E-state index contributed by atoms with van der Waals surface area (Å²) >= 11 is 0. The van der Waals surface area contributed by atoms with Crippen LogP contribution in [0, 0.1) is 19.8 Å². The van der Waals surface area contributed by atoms with Gasteiger partial charge in [0.1, 0.15) is 17.5 Å². The van der Waals surface area contributed by atoms with Crippen molar-refractivity contribution < 1.29 is 0 Å². The van der Waals surface area contributed by atoms with Gasteiger partial charge in [-0.05, 0) is 39.3 Å². The van der Waals surface area contributed by atoms with Crippen LogP contribution in [0.1, 0.15) is 24.7 Å². The number of aryl methyl sites for hydroxylation is 1. The van der Waals surface area contributed by atoms with Crippen LogP contribution in [0.4, 0.5) is 11.6 Å². The molecule has 2 rings (SSSR count). The molecule has 0 aliphatic carbocycles. The van der Waals surface area contributed by atoms with E-state index in [1.165, 1.54) is 19.5 Å². The van der Waals surface area contributed by atoms with Crippen LogP contribution in [0.15, 0.2) is 0 Å². The lowest BCUT2D eigenvalue weighted by Crippen LogP contribution is -2.23. The highest BCUT2D eigenvalue weighted by Crippen LogP contribution is 2.21. The molecule has 1 aromatic heterocycles. The molecule has 0 amide bonds. The quantitative estimate of drug-likeness (QED) is 0.849. The second-order valence-electron chi connectivity index (χ2n) is 5.27. The molecule has 19 heavy (non-hydrogen) atoms. The molecule has 1 aliphatic heterocycles. The summed E-state index contributed by atoms with van der Waals surface area (Å²) in [4.78, 5) is 11.4. The summed E-state index contributed by atoms with van der Waals surface area (Å²) in [5, 5.41) is 6.62. The van der Waals surface area contributed by atoms with Crippen LogP contribution in [-0.2, 0) is 0 Å². The van der Waals surface area contributed by atoms with Crippen LogP contribution in [0.25, 0.3) is 0 Å². The highest BCUT2D eigenvalue weighted by molar-refractivity contribution is 5.56. The third-order valence-electron chi connectivity index (χ3n) is 3.87. The van der Waals surface area contributed by atoms with E-state index in [0.717, 1.165) is 42.0 Å². The van der Waals surface area contributed by atoms with E-state index in [2.05, 4.69) is 39.3 Å². The maximum Gasteiger partial charge on any atom is 0.134 e. The zero-order valence-electron chi connectivity index (χ0n) is 12.5. The fourth-order valence-electron chi connectivity index (χ4n) is 2.65. The summed E-state index contributed by atoms with van der Waals surface area (Å²) in [5.74, 6) is 3.41. The van der Waals surface area contributed by atoms with Gasteiger partial charge in [0, 0.05) is 25.7 Å². The normalized spacial score (nSPS) is 19.7. The Morgan fingerprint density at radius 3 is 2.63 bits per heavy atom. The van der Waals surface area contributed by atoms with Crippen LogP contribution in [0.2, 0.25) is 0 Å². The van der Waals surface area contributed by atoms with Crippen molar-refractivity contribution in [1.29, 1.82) is 0 Å². The number of aromatic nitrogens is 2. The van der Waals surface area contributed by atoms with Crippen molar-refractivity contribution in [2.75, 3.05) is 43.9 Å². The van der Waals surface area contributed by atoms with E-state index < -0.39 is 0 Å². The molecule has 1 unspecified atom stereocenters. The van der Waals surface area contributed by atoms with E-state index in [4.69, 9.17) is 0 Å². The van der Waals surface area contributed by atoms with Crippen molar-refractivity contribution in [1.82, 2.24) is 14.9 Å². The first-order chi connectivity index (χ1) is 9.13. The van der Waals surface area contributed by atoms with Gasteiger partial charge in [-0.2, -0.15) is 0 Å². The van der Waals surface area contributed by atoms with Gasteiger partial charge < -0.3 is 15.5 Å². The first-order valence-corrected chi connectivity index (χ1v) is 7.13. The molecule has 2 N–H and O–H groups in total. The molecular formula is C14H25N5. The number of nitrogens with one attached hydrogen (secondary N) is 2. The predicted octanol–water partition coefficient (Wildman–Crippen LogP) is 1.89. The minimum atomic E-state index is 0.729. The molecule has 1 atom stereocenters. The predicted molar refractivity (Wildman–Crippen MR) is 79.8 cm³/mol. The van der Waals surface area contributed by atoms with Gasteiger partial charge >= 0.3 is 0 Å². The Hall–Kier alpha value is -1.36. The molecule has 2 heterocycles. The fourth-order valence-corrected chi connectivity index (χ4v) is 2.65. The van der Waals surface area contributed by atoms with Gasteiger partial charge in [-0.15, -0.1) is 0 Å². The van der Waals surface area contributed by atoms with E-state index >= 15 is 0 Å². The van der Waals surface area contributed by atoms with Crippen molar-refractivity contribution in [3.63, 3.8) is 0 Å². The molecule has 1 aliphatic rings. The van der Waals surface area contributed by atoms with E-state index in [1.54, 1.807) is 0 Å². The third-order valence-corrected chi connectivity index (χ3v) is 3.87. The Balaban J connectivity index is 1.98. The summed E-state index contributed by atoms with van der Waals surface area (Å²) in [7, 11) is 1.90. The molecule has 0 bridgehead atoms. The first kappa shape index (κ1) is 14.1. The second-order valence-corrected chi connectivity index (χ2v) is 5.27. The van der Waals surface area contributed by atoms with Gasteiger partial charge in [0.25, 0.3) is 0 Å². The molecule has 106 valence electrons. The van der Waals surface area contributed by atoms with Crippen molar-refractivity contribution >= 4 is 11.6 Å². The second kappa shape index (κ2) is 6.19. The number of hydrogen-bond acceptors (Lipinski definition) is 5. The lowest BCUT2D eigenvalue weighted by Gasteiger charge is -2.16. The van der Waals surface area contributed by atoms with Crippen LogP contribution in [0.3, 0.4) is 0 Å². The Morgan fingerprint density at radius 1 is 1.26 bits per heavy atom. The third kappa shape index (κ3) is 3.35. The molecule has 5 heteroatoms. The van der Waals surface area contributed by atoms with E-state index in [-0.39, 0.29) is 0 Å². The average molecular weight is 263 g/mol. The fraction of sp³-hybridized carbons (Fsp3) is 0.714. The molecule has 5 nitrogen and oxygen atoms in total. The summed E-state index contributed by atoms with van der Waals surface area (Å²) in [5.41, 5.74) is 1.10. The lowest BCUT2D eigenvalue weighted by atomic mass is 10.1. The first-order valence-electron chi connectivity index (χ1n) is 7.13. The zero-order chi connectivity index (χ0) is 13.8. The van der Waals surface area contributed by atoms with Crippen LogP contribution in [-0.4, -0.2) is 48.1 Å². The van der Waals surface area contributed by atoms with Crippen molar-refractivity contribution in [3.05, 3.63) is 11.4 Å². The number of anilines is 2. The SMILES string of the molecule is CCN1CCC(CNc2nc(C)nc(NC)c2C)C1. The molecular weight excluding hydrogens is 238 g/mol. The van der Waals surface area contributed by atoms with Gasteiger partial charge in [-0.3, -0.25) is 0 Å². The van der Waals surface area contributed by atoms with Gasteiger partial charge in [0.15, 0.2) is 0 Å². The minimum Gasteiger partial charge on any atom is -0.373 e. The molecule has 0 spiro atoms. The Kier molecular flexibility index (Phi) is 4.58. The maximum atomic E-state index is 4.51. The molecule has 0 aromatic carbocycles. The van der Waals surface area contributed by atoms with Crippen molar-refractivity contribution in [2.24, 2.45) is 5.92 Å². The van der Waals surface area contributed by atoms with Gasteiger partial charge in [0.05, 0.1) is 0 Å². The minimum absolute atomic E-state index is 0.729. The van der Waals surface area contributed by atoms with Gasteiger partial charge in [0.2, 0.25) is 0 Å². The number of nitrogens with zero attached hydrogens (tertiary/aromatic N) is 3. The van der Waals surface area contributed by atoms with Crippen molar-refractivity contribution in [2.45, 2.75) is 27.2 Å². The zero-order valence-corrected chi connectivity index (χ0v) is 12.5. The van der Waals surface area contributed by atoms with E-state index in [9.17, 15) is 0 Å². The smallest absolute Gasteiger partial charge is 0.134 e. The molecule has 1 aromatic rings. The van der Waals surface area contributed by atoms with E-state index in [0.29, 0.717) is 0 Å². The number of rotatable bonds is 5. The largest absolute Gasteiger partial charge is 0.373 e. The maximum absolute atomic E-state index is 4.51. The average Bonchev–Trinajstić information content (AvgIpc) is 2.87. The Labute approximate surface area is 115 Å². The Morgan fingerprint density at radius 2 is 2.00 bits per heavy atom. The molecule has 0 radical (unpaired) electrons. The highest BCUT2D eigenvalue weighted by Gasteiger charge is 2.21. The molecule has 1 fully saturated rings. The lowest BCUT2D eigenvalue weighted by molar-refractivity contribution is 0.345. The van der Waals surface area contributed by atoms with E-state index in [1.807, 2.05) is 14.0 Å².